The van der Waals surface area contributed by atoms with Crippen LogP contribution in [0.4, 0.5) is 5.69 Å². The van der Waals surface area contributed by atoms with Crippen LogP contribution in [-0.2, 0) is 26.2 Å². The van der Waals surface area contributed by atoms with Crippen molar-refractivity contribution in [3.8, 4) is 0 Å². The van der Waals surface area contributed by atoms with E-state index in [4.69, 9.17) is 34.8 Å². The second-order valence-corrected chi connectivity index (χ2v) is 11.6. The molecular weight excluding hydrogens is 545 g/mol. The highest BCUT2D eigenvalue weighted by Crippen LogP contribution is 2.25. The van der Waals surface area contributed by atoms with E-state index in [1.807, 2.05) is 13.8 Å². The molecule has 2 aromatic carbocycles. The van der Waals surface area contributed by atoms with E-state index in [2.05, 4.69) is 5.32 Å². The molecule has 198 valence electrons. The molecule has 1 unspecified atom stereocenters. The number of nitrogens with one attached hydrogen (secondary N) is 1. The zero-order chi connectivity index (χ0) is 26.9. The standard InChI is InChI=1S/C25H32Cl3N3O4S/c1-4-13-29-25(33)23(5-2)30(17-18-11-12-21(27)22(28)15-18)24(32)10-7-14-31(36(3,34)35)20-9-6-8-19(26)16-20/h6,8-9,11-12,15-16,23H,4-5,7,10,13-14,17H2,1-3H3,(H,29,33). The topological polar surface area (TPSA) is 86.8 Å². The highest BCUT2D eigenvalue weighted by Gasteiger charge is 2.29. The Morgan fingerprint density at radius 1 is 1.03 bits per heavy atom. The predicted molar refractivity (Wildman–Crippen MR) is 147 cm³/mol. The zero-order valence-electron chi connectivity index (χ0n) is 20.6. The van der Waals surface area contributed by atoms with Crippen molar-refractivity contribution in [3.63, 3.8) is 0 Å². The van der Waals surface area contributed by atoms with Crippen molar-refractivity contribution in [3.05, 3.63) is 63.1 Å². The Bertz CT molecular complexity index is 1160. The van der Waals surface area contributed by atoms with Gasteiger partial charge in [-0.25, -0.2) is 8.42 Å². The van der Waals surface area contributed by atoms with E-state index in [1.54, 1.807) is 42.5 Å². The molecule has 2 rings (SSSR count). The average Bonchev–Trinajstić information content (AvgIpc) is 2.81. The second kappa shape index (κ2) is 14.1. The lowest BCUT2D eigenvalue weighted by molar-refractivity contribution is -0.141. The first-order valence-electron chi connectivity index (χ1n) is 11.7. The van der Waals surface area contributed by atoms with Crippen LogP contribution in [0.5, 0.6) is 0 Å². The van der Waals surface area contributed by atoms with E-state index in [-0.39, 0.29) is 37.7 Å². The van der Waals surface area contributed by atoms with Crippen molar-refractivity contribution in [1.82, 2.24) is 10.2 Å². The van der Waals surface area contributed by atoms with E-state index in [1.165, 1.54) is 9.21 Å². The van der Waals surface area contributed by atoms with Crippen LogP contribution in [0.15, 0.2) is 42.5 Å². The van der Waals surface area contributed by atoms with Gasteiger partial charge in [0, 0.05) is 31.1 Å². The number of amides is 2. The lowest BCUT2D eigenvalue weighted by atomic mass is 10.1. The molecule has 0 fully saturated rings. The van der Waals surface area contributed by atoms with Crippen LogP contribution in [0.2, 0.25) is 15.1 Å². The third-order valence-electron chi connectivity index (χ3n) is 5.52. The van der Waals surface area contributed by atoms with Crippen molar-refractivity contribution in [1.29, 1.82) is 0 Å². The third kappa shape index (κ3) is 8.83. The Morgan fingerprint density at radius 3 is 2.33 bits per heavy atom. The van der Waals surface area contributed by atoms with Crippen LogP contribution in [0.3, 0.4) is 0 Å². The molecule has 2 amide bonds. The normalized spacial score (nSPS) is 12.2. The van der Waals surface area contributed by atoms with E-state index >= 15 is 0 Å². The first-order chi connectivity index (χ1) is 17.0. The fourth-order valence-corrected chi connectivity index (χ4v) is 5.22. The highest BCUT2D eigenvalue weighted by molar-refractivity contribution is 7.92. The second-order valence-electron chi connectivity index (χ2n) is 8.40. The largest absolute Gasteiger partial charge is 0.354 e. The number of hydrogen-bond donors (Lipinski definition) is 1. The van der Waals surface area contributed by atoms with Crippen LogP contribution in [0.1, 0.15) is 45.1 Å². The van der Waals surface area contributed by atoms with Gasteiger partial charge in [-0.05, 0) is 55.2 Å². The van der Waals surface area contributed by atoms with Gasteiger partial charge in [0.2, 0.25) is 21.8 Å². The molecule has 1 atom stereocenters. The first kappa shape index (κ1) is 30.2. The molecule has 0 spiro atoms. The van der Waals surface area contributed by atoms with Gasteiger partial charge >= 0.3 is 0 Å². The maximum absolute atomic E-state index is 13.4. The number of rotatable bonds is 13. The summed E-state index contributed by atoms with van der Waals surface area (Å²) in [6, 6.07) is 10.9. The molecule has 7 nitrogen and oxygen atoms in total. The average molecular weight is 577 g/mol. The molecule has 0 aliphatic heterocycles. The molecule has 1 N–H and O–H groups in total. The van der Waals surface area contributed by atoms with Gasteiger partial charge < -0.3 is 10.2 Å². The van der Waals surface area contributed by atoms with Gasteiger partial charge in [0.05, 0.1) is 22.0 Å². The van der Waals surface area contributed by atoms with Crippen LogP contribution in [-0.4, -0.2) is 50.5 Å². The fourth-order valence-electron chi connectivity index (χ4n) is 3.76. The maximum Gasteiger partial charge on any atom is 0.242 e. The zero-order valence-corrected chi connectivity index (χ0v) is 23.7. The van der Waals surface area contributed by atoms with E-state index in [9.17, 15) is 18.0 Å². The lowest BCUT2D eigenvalue weighted by Gasteiger charge is -2.31. The predicted octanol–water partition coefficient (Wildman–Crippen LogP) is 5.53. The van der Waals surface area contributed by atoms with Gasteiger partial charge in [0.15, 0.2) is 0 Å². The van der Waals surface area contributed by atoms with Crippen LogP contribution in [0.25, 0.3) is 0 Å². The monoisotopic (exact) mass is 575 g/mol. The summed E-state index contributed by atoms with van der Waals surface area (Å²) in [5.41, 5.74) is 1.16. The van der Waals surface area contributed by atoms with E-state index < -0.39 is 16.1 Å². The molecule has 0 aromatic heterocycles. The number of hydrogen-bond acceptors (Lipinski definition) is 4. The Hall–Kier alpha value is -2.00. The van der Waals surface area contributed by atoms with Gasteiger partial charge in [0.25, 0.3) is 0 Å². The Kier molecular flexibility index (Phi) is 11.8. The van der Waals surface area contributed by atoms with E-state index in [0.717, 1.165) is 18.2 Å². The number of anilines is 1. The van der Waals surface area contributed by atoms with E-state index in [0.29, 0.717) is 33.7 Å². The molecule has 36 heavy (non-hydrogen) atoms. The molecule has 11 heteroatoms. The highest BCUT2D eigenvalue weighted by atomic mass is 35.5. The molecule has 0 radical (unpaired) electrons. The summed E-state index contributed by atoms with van der Waals surface area (Å²) in [6.07, 6.45) is 2.60. The summed E-state index contributed by atoms with van der Waals surface area (Å²) in [5.74, 6) is -0.497. The van der Waals surface area contributed by atoms with Gasteiger partial charge in [-0.3, -0.25) is 13.9 Å². The number of nitrogens with zero attached hydrogens (tertiary/aromatic N) is 2. The van der Waals surface area contributed by atoms with Crippen molar-refractivity contribution in [2.45, 2.75) is 52.1 Å². The quantitative estimate of drug-likeness (QED) is 0.340. The van der Waals surface area contributed by atoms with Crippen LogP contribution in [0, 0.1) is 0 Å². The molecule has 0 saturated carbocycles. The number of sulfonamides is 1. The summed E-state index contributed by atoms with van der Waals surface area (Å²) in [4.78, 5) is 27.8. The number of benzene rings is 2. The van der Waals surface area contributed by atoms with Crippen molar-refractivity contribution < 1.29 is 18.0 Å². The molecule has 0 aliphatic carbocycles. The summed E-state index contributed by atoms with van der Waals surface area (Å²) >= 11 is 18.2. The van der Waals surface area contributed by atoms with Gasteiger partial charge in [-0.2, -0.15) is 0 Å². The molecular formula is C25H32Cl3N3O4S. The molecule has 0 bridgehead atoms. The Balaban J connectivity index is 2.23. The molecule has 2 aromatic rings. The summed E-state index contributed by atoms with van der Waals surface area (Å²) in [7, 11) is -3.60. The molecule has 0 saturated heterocycles. The summed E-state index contributed by atoms with van der Waals surface area (Å²) in [6.45, 7) is 4.55. The lowest BCUT2D eigenvalue weighted by Crippen LogP contribution is -2.49. The van der Waals surface area contributed by atoms with Gasteiger partial charge in [-0.1, -0.05) is 60.8 Å². The molecule has 0 heterocycles. The van der Waals surface area contributed by atoms with Crippen molar-refractivity contribution in [2.24, 2.45) is 0 Å². The minimum Gasteiger partial charge on any atom is -0.354 e. The Labute approximate surface area is 228 Å². The first-order valence-corrected chi connectivity index (χ1v) is 14.7. The number of halogens is 3. The van der Waals surface area contributed by atoms with Crippen LogP contribution < -0.4 is 9.62 Å². The summed E-state index contributed by atoms with van der Waals surface area (Å²) in [5, 5.41) is 4.03. The number of carbonyl (C=O) groups excluding carboxylic acids is 2. The van der Waals surface area contributed by atoms with Gasteiger partial charge in [0.1, 0.15) is 6.04 Å². The van der Waals surface area contributed by atoms with Crippen LogP contribution >= 0.6 is 34.8 Å². The molecule has 0 aliphatic rings. The smallest absolute Gasteiger partial charge is 0.242 e. The minimum atomic E-state index is -3.60. The van der Waals surface area contributed by atoms with Crippen molar-refractivity contribution in [2.75, 3.05) is 23.7 Å². The summed E-state index contributed by atoms with van der Waals surface area (Å²) < 4.78 is 26.0. The fraction of sp³-hybridized carbons (Fsp3) is 0.440. The van der Waals surface area contributed by atoms with Crippen molar-refractivity contribution >= 4 is 62.3 Å². The third-order valence-corrected chi connectivity index (χ3v) is 7.69. The number of carbonyl (C=O) groups is 2. The Morgan fingerprint density at radius 2 is 1.75 bits per heavy atom. The van der Waals surface area contributed by atoms with Gasteiger partial charge in [-0.15, -0.1) is 0 Å². The SMILES string of the molecule is CCCNC(=O)C(CC)N(Cc1ccc(Cl)c(Cl)c1)C(=O)CCCN(c1cccc(Cl)c1)S(C)(=O)=O. The maximum atomic E-state index is 13.4. The minimum absolute atomic E-state index is 0.0471.